The number of ether oxygens (including phenoxy) is 1. The molecule has 25 heavy (non-hydrogen) atoms. The number of nitrogens with one attached hydrogen (secondary N) is 2. The molecule has 0 spiro atoms. The summed E-state index contributed by atoms with van der Waals surface area (Å²) in [4.78, 5) is 30.7. The van der Waals surface area contributed by atoms with Crippen LogP contribution in [-0.4, -0.2) is 35.7 Å². The molecule has 7 nitrogen and oxygen atoms in total. The van der Waals surface area contributed by atoms with Crippen molar-refractivity contribution in [3.63, 3.8) is 0 Å². The zero-order chi connectivity index (χ0) is 17.8. The monoisotopic (exact) mass is 380 g/mol. The van der Waals surface area contributed by atoms with Crippen molar-refractivity contribution >= 4 is 40.2 Å². The van der Waals surface area contributed by atoms with Gasteiger partial charge in [0, 0.05) is 29.4 Å². The second kappa shape index (κ2) is 7.71. The van der Waals surface area contributed by atoms with Gasteiger partial charge in [-0.15, -0.1) is 0 Å². The van der Waals surface area contributed by atoms with Crippen LogP contribution in [0.2, 0.25) is 5.02 Å². The summed E-state index contributed by atoms with van der Waals surface area (Å²) >= 11 is 7.21. The average molecular weight is 381 g/mol. The fourth-order valence-corrected chi connectivity index (χ4v) is 3.59. The fourth-order valence-electron chi connectivity index (χ4n) is 2.45. The summed E-state index contributed by atoms with van der Waals surface area (Å²) in [6, 6.07) is 7.22. The summed E-state index contributed by atoms with van der Waals surface area (Å²) in [6.45, 7) is 1.50. The van der Waals surface area contributed by atoms with E-state index in [2.05, 4.69) is 20.4 Å². The van der Waals surface area contributed by atoms with Crippen molar-refractivity contribution in [1.29, 1.82) is 0 Å². The molecule has 0 radical (unpaired) electrons. The van der Waals surface area contributed by atoms with Crippen molar-refractivity contribution in [2.45, 2.75) is 19.5 Å². The quantitative estimate of drug-likeness (QED) is 0.856. The minimum absolute atomic E-state index is 0.128. The maximum Gasteiger partial charge on any atom is 0.413 e. The molecular formula is C16H17ClN4O3S. The predicted octanol–water partition coefficient (Wildman–Crippen LogP) is 3.24. The Kier molecular flexibility index (Phi) is 5.40. The van der Waals surface area contributed by atoms with E-state index in [1.165, 1.54) is 18.4 Å². The number of thiazole rings is 1. The lowest BCUT2D eigenvalue weighted by atomic mass is 10.2. The zero-order valence-corrected chi connectivity index (χ0v) is 15.1. The summed E-state index contributed by atoms with van der Waals surface area (Å²) in [7, 11) is 1.30. The van der Waals surface area contributed by atoms with Crippen molar-refractivity contribution in [3.05, 3.63) is 45.4 Å². The lowest BCUT2D eigenvalue weighted by molar-refractivity contribution is 0.187. The smallest absolute Gasteiger partial charge is 0.413 e. The molecule has 2 N–H and O–H groups in total. The van der Waals surface area contributed by atoms with E-state index in [4.69, 9.17) is 11.6 Å². The number of hydrogen-bond donors (Lipinski definition) is 2. The van der Waals surface area contributed by atoms with E-state index in [1.807, 2.05) is 12.1 Å². The van der Waals surface area contributed by atoms with E-state index in [0.717, 1.165) is 16.1 Å². The first-order chi connectivity index (χ1) is 12.0. The molecule has 0 atom stereocenters. The third-order valence-corrected chi connectivity index (χ3v) is 5.02. The Hall–Kier alpha value is -2.32. The van der Waals surface area contributed by atoms with E-state index in [0.29, 0.717) is 36.2 Å². The molecule has 1 aromatic carbocycles. The van der Waals surface area contributed by atoms with Crippen LogP contribution in [0.1, 0.15) is 16.1 Å². The normalized spacial score (nSPS) is 13.1. The standard InChI is InChI=1S/C16H17ClN4O3S/c1-24-16(23)20-14-19-12-6-7-21(9-13(12)25-14)15(22)18-8-10-2-4-11(17)5-3-10/h2-5H,6-9H2,1H3,(H,18,22)(H,19,20,23). The molecule has 0 unspecified atom stereocenters. The van der Waals surface area contributed by atoms with Crippen LogP contribution in [0.3, 0.4) is 0 Å². The third kappa shape index (κ3) is 4.40. The van der Waals surface area contributed by atoms with E-state index in [9.17, 15) is 9.59 Å². The van der Waals surface area contributed by atoms with E-state index >= 15 is 0 Å². The molecule has 3 rings (SSSR count). The van der Waals surface area contributed by atoms with Crippen LogP contribution in [0.4, 0.5) is 14.7 Å². The highest BCUT2D eigenvalue weighted by molar-refractivity contribution is 7.15. The van der Waals surface area contributed by atoms with E-state index in [-0.39, 0.29) is 6.03 Å². The minimum atomic E-state index is -0.552. The van der Waals surface area contributed by atoms with Gasteiger partial charge in [0.05, 0.1) is 19.3 Å². The summed E-state index contributed by atoms with van der Waals surface area (Å²) in [5.41, 5.74) is 1.90. The summed E-state index contributed by atoms with van der Waals surface area (Å²) in [5.74, 6) is 0. The van der Waals surface area contributed by atoms with Gasteiger partial charge in [-0.05, 0) is 17.7 Å². The number of rotatable bonds is 3. The van der Waals surface area contributed by atoms with Crippen LogP contribution in [0, 0.1) is 0 Å². The molecule has 1 aromatic heterocycles. The molecule has 1 aliphatic rings. The van der Waals surface area contributed by atoms with Gasteiger partial charge < -0.3 is 15.0 Å². The number of carbonyl (C=O) groups excluding carboxylic acids is 2. The van der Waals surface area contributed by atoms with Gasteiger partial charge in [-0.1, -0.05) is 35.1 Å². The lowest BCUT2D eigenvalue weighted by Crippen LogP contribution is -2.42. The van der Waals surface area contributed by atoms with Gasteiger partial charge in [-0.3, -0.25) is 5.32 Å². The summed E-state index contributed by atoms with van der Waals surface area (Å²) < 4.78 is 4.56. The van der Waals surface area contributed by atoms with Crippen LogP contribution >= 0.6 is 22.9 Å². The van der Waals surface area contributed by atoms with Crippen LogP contribution < -0.4 is 10.6 Å². The molecule has 2 aromatic rings. The van der Waals surface area contributed by atoms with Crippen LogP contribution in [0.15, 0.2) is 24.3 Å². The van der Waals surface area contributed by atoms with Gasteiger partial charge in [-0.25, -0.2) is 14.6 Å². The van der Waals surface area contributed by atoms with Gasteiger partial charge in [0.2, 0.25) is 0 Å². The number of fused-ring (bicyclic) bond motifs is 1. The number of halogens is 1. The predicted molar refractivity (Wildman–Crippen MR) is 95.9 cm³/mol. The Balaban J connectivity index is 1.57. The molecule has 2 heterocycles. The van der Waals surface area contributed by atoms with Crippen molar-refractivity contribution in [2.24, 2.45) is 0 Å². The second-order valence-electron chi connectivity index (χ2n) is 5.46. The molecule has 0 fully saturated rings. The summed E-state index contributed by atoms with van der Waals surface area (Å²) in [5, 5.41) is 6.62. The Morgan fingerprint density at radius 1 is 1.36 bits per heavy atom. The number of nitrogens with zero attached hydrogens (tertiary/aromatic N) is 2. The maximum atomic E-state index is 12.4. The highest BCUT2D eigenvalue weighted by Crippen LogP contribution is 2.28. The Morgan fingerprint density at radius 2 is 2.12 bits per heavy atom. The van der Waals surface area contributed by atoms with Crippen molar-refractivity contribution in [3.8, 4) is 0 Å². The number of urea groups is 1. The van der Waals surface area contributed by atoms with Crippen LogP contribution in [-0.2, 0) is 24.2 Å². The minimum Gasteiger partial charge on any atom is -0.453 e. The van der Waals surface area contributed by atoms with Gasteiger partial charge in [0.1, 0.15) is 0 Å². The molecular weight excluding hydrogens is 364 g/mol. The zero-order valence-electron chi connectivity index (χ0n) is 13.5. The molecule has 132 valence electrons. The number of amides is 3. The van der Waals surface area contributed by atoms with Crippen LogP contribution in [0.5, 0.6) is 0 Å². The van der Waals surface area contributed by atoms with Crippen LogP contribution in [0.25, 0.3) is 0 Å². The van der Waals surface area contributed by atoms with Crippen molar-refractivity contribution in [2.75, 3.05) is 19.0 Å². The van der Waals surface area contributed by atoms with Gasteiger partial charge in [-0.2, -0.15) is 0 Å². The third-order valence-electron chi connectivity index (χ3n) is 3.77. The molecule has 0 saturated heterocycles. The van der Waals surface area contributed by atoms with E-state index in [1.54, 1.807) is 17.0 Å². The Labute approximate surface area is 153 Å². The first kappa shape index (κ1) is 17.5. The SMILES string of the molecule is COC(=O)Nc1nc2c(s1)CN(C(=O)NCc1ccc(Cl)cc1)CC2. The molecule has 9 heteroatoms. The molecule has 0 bridgehead atoms. The molecule has 1 aliphatic heterocycles. The number of methoxy groups -OCH3 is 1. The molecule has 3 amide bonds. The number of carbonyl (C=O) groups is 2. The highest BCUT2D eigenvalue weighted by atomic mass is 35.5. The van der Waals surface area contributed by atoms with Gasteiger partial charge >= 0.3 is 12.1 Å². The first-order valence-electron chi connectivity index (χ1n) is 7.66. The van der Waals surface area contributed by atoms with Crippen molar-refractivity contribution < 1.29 is 14.3 Å². The Morgan fingerprint density at radius 3 is 2.84 bits per heavy atom. The number of aromatic nitrogens is 1. The molecule has 0 aliphatic carbocycles. The maximum absolute atomic E-state index is 12.4. The number of anilines is 1. The molecule has 0 saturated carbocycles. The topological polar surface area (TPSA) is 83.6 Å². The lowest BCUT2D eigenvalue weighted by Gasteiger charge is -2.26. The van der Waals surface area contributed by atoms with Gasteiger partial charge in [0.25, 0.3) is 0 Å². The number of benzene rings is 1. The van der Waals surface area contributed by atoms with Crippen molar-refractivity contribution in [1.82, 2.24) is 15.2 Å². The highest BCUT2D eigenvalue weighted by Gasteiger charge is 2.24. The second-order valence-corrected chi connectivity index (χ2v) is 6.98. The Bertz CT molecular complexity index is 778. The summed E-state index contributed by atoms with van der Waals surface area (Å²) in [6.07, 6.45) is 0.104. The van der Waals surface area contributed by atoms with E-state index < -0.39 is 6.09 Å². The van der Waals surface area contributed by atoms with Gasteiger partial charge in [0.15, 0.2) is 5.13 Å². The first-order valence-corrected chi connectivity index (χ1v) is 8.85. The fraction of sp³-hybridized carbons (Fsp3) is 0.312. The number of hydrogen-bond acceptors (Lipinski definition) is 5. The largest absolute Gasteiger partial charge is 0.453 e. The average Bonchev–Trinajstić information content (AvgIpc) is 3.02.